The van der Waals surface area contributed by atoms with Crippen LogP contribution < -0.4 is 5.32 Å². The first kappa shape index (κ1) is 24.7. The fraction of sp³-hybridized carbons (Fsp3) is 0.333. The number of aryl methyl sites for hydroxylation is 3. The Kier molecular flexibility index (Phi) is 7.70. The molecule has 8 heteroatoms. The predicted molar refractivity (Wildman–Crippen MR) is 140 cm³/mol. The summed E-state index contributed by atoms with van der Waals surface area (Å²) in [5.74, 6) is 0.847. The van der Waals surface area contributed by atoms with Crippen molar-refractivity contribution in [2.45, 2.75) is 51.4 Å². The second-order valence-corrected chi connectivity index (χ2v) is 9.86. The summed E-state index contributed by atoms with van der Waals surface area (Å²) in [5.41, 5.74) is 4.73. The van der Waals surface area contributed by atoms with Crippen molar-refractivity contribution in [2.24, 2.45) is 0 Å². The minimum atomic E-state index is -0.158. The van der Waals surface area contributed by atoms with Gasteiger partial charge in [-0.1, -0.05) is 53.2 Å². The van der Waals surface area contributed by atoms with Gasteiger partial charge in [-0.3, -0.25) is 9.59 Å². The van der Waals surface area contributed by atoms with E-state index in [1.54, 1.807) is 6.08 Å². The second kappa shape index (κ2) is 10.9. The molecule has 1 fully saturated rings. The number of hydrogen-bond acceptors (Lipinski definition) is 5. The number of nitrogens with zero attached hydrogens (tertiary/aromatic N) is 4. The molecule has 4 rings (SSSR count). The van der Waals surface area contributed by atoms with Gasteiger partial charge in [-0.05, 0) is 57.4 Å². The first-order valence-electron chi connectivity index (χ1n) is 11.8. The molecule has 0 spiro atoms. The lowest BCUT2D eigenvalue weighted by Crippen LogP contribution is -2.32. The molecule has 1 aliphatic rings. The summed E-state index contributed by atoms with van der Waals surface area (Å²) in [6, 6.07) is 13.5. The first-order chi connectivity index (χ1) is 16.9. The van der Waals surface area contributed by atoms with E-state index in [1.165, 1.54) is 11.8 Å². The number of benzene rings is 2. The lowest BCUT2D eigenvalue weighted by atomic mass is 10.1. The van der Waals surface area contributed by atoms with Crippen LogP contribution in [0.3, 0.4) is 0 Å². The molecule has 0 bridgehead atoms. The molecule has 182 valence electrons. The molecule has 2 amide bonds. The van der Waals surface area contributed by atoms with Crippen LogP contribution in [0.4, 0.5) is 5.69 Å². The van der Waals surface area contributed by atoms with Crippen LogP contribution in [0.2, 0.25) is 0 Å². The molecule has 1 atom stereocenters. The number of aromatic nitrogens is 3. The molecule has 0 saturated carbocycles. The van der Waals surface area contributed by atoms with E-state index in [0.29, 0.717) is 23.8 Å². The van der Waals surface area contributed by atoms with Crippen LogP contribution in [-0.4, -0.2) is 43.8 Å². The highest BCUT2D eigenvalue weighted by Crippen LogP contribution is 2.34. The largest absolute Gasteiger partial charge is 0.328 e. The summed E-state index contributed by atoms with van der Waals surface area (Å²) >= 11 is 1.34. The van der Waals surface area contributed by atoms with E-state index in [1.807, 2.05) is 72.7 Å². The van der Waals surface area contributed by atoms with E-state index in [-0.39, 0.29) is 23.6 Å². The van der Waals surface area contributed by atoms with Gasteiger partial charge in [0, 0.05) is 24.3 Å². The van der Waals surface area contributed by atoms with Gasteiger partial charge in [-0.2, -0.15) is 0 Å². The molecule has 35 heavy (non-hydrogen) atoms. The van der Waals surface area contributed by atoms with Crippen molar-refractivity contribution in [3.8, 4) is 0 Å². The zero-order valence-electron chi connectivity index (χ0n) is 20.5. The molecule has 0 aliphatic carbocycles. The minimum absolute atomic E-state index is 0.00593. The quantitative estimate of drug-likeness (QED) is 0.352. The zero-order valence-corrected chi connectivity index (χ0v) is 21.3. The third-order valence-corrected chi connectivity index (χ3v) is 7.09. The van der Waals surface area contributed by atoms with Gasteiger partial charge in [0.05, 0.1) is 11.8 Å². The molecule has 1 N–H and O–H groups in total. The molecule has 7 nitrogen and oxygen atoms in total. The van der Waals surface area contributed by atoms with E-state index < -0.39 is 0 Å². The Labute approximate surface area is 210 Å². The fourth-order valence-electron chi connectivity index (χ4n) is 4.45. The summed E-state index contributed by atoms with van der Waals surface area (Å²) in [6.07, 6.45) is 3.52. The van der Waals surface area contributed by atoms with Crippen molar-refractivity contribution >= 4 is 29.3 Å². The number of rotatable bonds is 8. The van der Waals surface area contributed by atoms with Gasteiger partial charge < -0.3 is 14.8 Å². The van der Waals surface area contributed by atoms with Gasteiger partial charge in [0.15, 0.2) is 11.0 Å². The van der Waals surface area contributed by atoms with Gasteiger partial charge in [0.25, 0.3) is 5.91 Å². The molecule has 1 saturated heterocycles. The number of anilines is 1. The van der Waals surface area contributed by atoms with Gasteiger partial charge in [-0.25, -0.2) is 0 Å². The van der Waals surface area contributed by atoms with E-state index in [0.717, 1.165) is 41.0 Å². The predicted octanol–water partition coefficient (Wildman–Crippen LogP) is 5.10. The molecular weight excluding hydrogens is 458 g/mol. The van der Waals surface area contributed by atoms with E-state index in [4.69, 9.17) is 0 Å². The Morgan fingerprint density at radius 3 is 2.69 bits per heavy atom. The van der Waals surface area contributed by atoms with E-state index >= 15 is 0 Å². The first-order valence-corrected chi connectivity index (χ1v) is 12.8. The summed E-state index contributed by atoms with van der Waals surface area (Å²) < 4.78 is 1.97. The lowest BCUT2D eigenvalue weighted by molar-refractivity contribution is -0.113. The Morgan fingerprint density at radius 2 is 1.94 bits per heavy atom. The highest BCUT2D eigenvalue weighted by Gasteiger charge is 2.34. The number of thioether (sulfide) groups is 1. The fourth-order valence-corrected chi connectivity index (χ4v) is 5.20. The molecule has 1 aromatic heterocycles. The monoisotopic (exact) mass is 489 g/mol. The van der Waals surface area contributed by atoms with Crippen LogP contribution >= 0.6 is 11.8 Å². The van der Waals surface area contributed by atoms with Gasteiger partial charge in [0.1, 0.15) is 0 Å². The molecule has 3 aromatic rings. The van der Waals surface area contributed by atoms with Crippen LogP contribution in [0.25, 0.3) is 0 Å². The average Bonchev–Trinajstić information content (AvgIpc) is 3.46. The number of allylic oxidation sites excluding steroid dienone is 1. The minimum Gasteiger partial charge on any atom is -0.328 e. The third-order valence-electron chi connectivity index (χ3n) is 6.12. The lowest BCUT2D eigenvalue weighted by Gasteiger charge is -2.25. The van der Waals surface area contributed by atoms with Crippen molar-refractivity contribution in [2.75, 3.05) is 17.6 Å². The Morgan fingerprint density at radius 1 is 1.14 bits per heavy atom. The highest BCUT2D eigenvalue weighted by atomic mass is 32.2. The van der Waals surface area contributed by atoms with Crippen LogP contribution in [0.5, 0.6) is 0 Å². The number of carbonyl (C=O) groups excluding carboxylic acids is 2. The Balaban J connectivity index is 1.49. The van der Waals surface area contributed by atoms with E-state index in [2.05, 4.69) is 22.1 Å². The molecule has 2 aromatic carbocycles. The molecular formula is C27H31N5O2S. The maximum absolute atomic E-state index is 13.3. The van der Waals surface area contributed by atoms with Crippen LogP contribution in [0.1, 0.15) is 51.8 Å². The summed E-state index contributed by atoms with van der Waals surface area (Å²) in [4.78, 5) is 27.8. The molecule has 0 radical (unpaired) electrons. The third kappa shape index (κ3) is 5.65. The smallest absolute Gasteiger partial charge is 0.254 e. The number of carbonyl (C=O) groups is 2. The number of likely N-dealkylation sites (tertiary alicyclic amines) is 1. The number of nitrogens with one attached hydrogen (secondary N) is 1. The van der Waals surface area contributed by atoms with Crippen molar-refractivity contribution in [1.29, 1.82) is 0 Å². The molecule has 1 unspecified atom stereocenters. The van der Waals surface area contributed by atoms with Gasteiger partial charge in [0.2, 0.25) is 5.91 Å². The SMILES string of the molecule is C=CCn1c(SCC(=O)Nc2ccc(C)cc2C)nnc1C1CCCN1C(=O)c1cccc(C)c1. The van der Waals surface area contributed by atoms with Crippen LogP contribution in [0, 0.1) is 20.8 Å². The standard InChI is InChI=1S/C27H31N5O2S/c1-5-13-32-25(23-10-7-14-31(23)26(34)21-9-6-8-18(2)16-21)29-30-27(32)35-17-24(33)28-22-12-11-19(3)15-20(22)4/h5-6,8-9,11-12,15-16,23H,1,7,10,13-14,17H2,2-4H3,(H,28,33). The summed E-state index contributed by atoms with van der Waals surface area (Å²) in [5, 5.41) is 12.5. The van der Waals surface area contributed by atoms with Gasteiger partial charge >= 0.3 is 0 Å². The van der Waals surface area contributed by atoms with Gasteiger partial charge in [-0.15, -0.1) is 16.8 Å². The van der Waals surface area contributed by atoms with Crippen molar-refractivity contribution < 1.29 is 9.59 Å². The highest BCUT2D eigenvalue weighted by molar-refractivity contribution is 7.99. The number of amides is 2. The number of hydrogen-bond donors (Lipinski definition) is 1. The summed E-state index contributed by atoms with van der Waals surface area (Å²) in [6.45, 7) is 11.1. The maximum atomic E-state index is 13.3. The second-order valence-electron chi connectivity index (χ2n) is 8.92. The Hall–Kier alpha value is -3.39. The van der Waals surface area contributed by atoms with E-state index in [9.17, 15) is 9.59 Å². The summed E-state index contributed by atoms with van der Waals surface area (Å²) in [7, 11) is 0. The van der Waals surface area contributed by atoms with Crippen molar-refractivity contribution in [3.63, 3.8) is 0 Å². The molecule has 1 aliphatic heterocycles. The van der Waals surface area contributed by atoms with Crippen LogP contribution in [-0.2, 0) is 11.3 Å². The van der Waals surface area contributed by atoms with Crippen molar-refractivity contribution in [1.82, 2.24) is 19.7 Å². The topological polar surface area (TPSA) is 80.1 Å². The zero-order chi connectivity index (χ0) is 24.9. The van der Waals surface area contributed by atoms with Crippen molar-refractivity contribution in [3.05, 3.63) is 83.2 Å². The Bertz CT molecular complexity index is 1250. The van der Waals surface area contributed by atoms with Crippen LogP contribution in [0.15, 0.2) is 60.3 Å². The maximum Gasteiger partial charge on any atom is 0.254 e. The normalized spacial score (nSPS) is 15.3. The average molecular weight is 490 g/mol. The molecule has 2 heterocycles.